The van der Waals surface area contributed by atoms with Crippen molar-refractivity contribution in [2.24, 2.45) is 10.1 Å². The summed E-state index contributed by atoms with van der Waals surface area (Å²) in [5.74, 6) is 1.69. The van der Waals surface area contributed by atoms with Gasteiger partial charge in [0.1, 0.15) is 11.5 Å². The highest BCUT2D eigenvalue weighted by Crippen LogP contribution is 2.30. The predicted octanol–water partition coefficient (Wildman–Crippen LogP) is 6.74. The van der Waals surface area contributed by atoms with Crippen LogP contribution in [0.1, 0.15) is 31.2 Å². The van der Waals surface area contributed by atoms with Gasteiger partial charge in [-0.1, -0.05) is 36.9 Å². The topological polar surface area (TPSA) is 93.0 Å². The minimum absolute atomic E-state index is 0.0158. The van der Waals surface area contributed by atoms with Gasteiger partial charge in [0.15, 0.2) is 0 Å². The smallest absolute Gasteiger partial charge is 0.330 e. The van der Waals surface area contributed by atoms with Crippen molar-refractivity contribution in [1.82, 2.24) is 5.01 Å². The summed E-state index contributed by atoms with van der Waals surface area (Å²) in [7, 11) is 1.64. The first-order valence-corrected chi connectivity index (χ1v) is 14.8. The molecule has 0 fully saturated rings. The van der Waals surface area contributed by atoms with Gasteiger partial charge in [-0.05, 0) is 79.9 Å². The third-order valence-electron chi connectivity index (χ3n) is 6.26. The zero-order valence-electron chi connectivity index (χ0n) is 24.1. The van der Waals surface area contributed by atoms with Crippen molar-refractivity contribution in [2.45, 2.75) is 30.6 Å². The highest BCUT2D eigenvalue weighted by atomic mass is 32.2. The molecule has 8 nitrogen and oxygen atoms in total. The number of hydrogen-bond acceptors (Lipinski definition) is 9. The molecule has 9 heteroatoms. The molecule has 0 unspecified atom stereocenters. The Morgan fingerprint density at radius 2 is 1.74 bits per heavy atom. The van der Waals surface area contributed by atoms with Crippen molar-refractivity contribution in [1.29, 1.82) is 0 Å². The van der Waals surface area contributed by atoms with Crippen molar-refractivity contribution in [2.75, 3.05) is 39.4 Å². The Morgan fingerprint density at radius 1 is 1.00 bits per heavy atom. The number of ether oxygens (including phenoxy) is 3. The van der Waals surface area contributed by atoms with Crippen molar-refractivity contribution < 1.29 is 24.1 Å². The molecular formula is C33H39N3O5S. The quantitative estimate of drug-likeness (QED) is 0.0315. The average Bonchev–Trinajstić information content (AvgIpc) is 3.03. The molecular weight excluding hydrogens is 550 g/mol. The summed E-state index contributed by atoms with van der Waals surface area (Å²) in [6.45, 7) is 8.46. The number of para-hydroxylation sites is 1. The number of carbonyl (C=O) groups excluding carboxylic acids is 1. The fourth-order valence-corrected chi connectivity index (χ4v) is 4.95. The van der Waals surface area contributed by atoms with E-state index < -0.39 is 0 Å². The van der Waals surface area contributed by atoms with E-state index in [0.29, 0.717) is 31.4 Å². The van der Waals surface area contributed by atoms with Crippen LogP contribution in [0.5, 0.6) is 11.5 Å². The molecule has 0 aliphatic rings. The second kappa shape index (κ2) is 18.4. The van der Waals surface area contributed by atoms with Crippen LogP contribution in [0.15, 0.2) is 94.4 Å². The summed E-state index contributed by atoms with van der Waals surface area (Å²) in [6.07, 6.45) is 6.70. The first-order valence-electron chi connectivity index (χ1n) is 13.9. The van der Waals surface area contributed by atoms with Gasteiger partial charge in [-0.25, -0.2) is 4.79 Å². The van der Waals surface area contributed by atoms with E-state index in [-0.39, 0.29) is 12.6 Å². The number of aliphatic hydroxyl groups is 1. The minimum Gasteiger partial charge on any atom is -0.496 e. The number of thioether (sulfide) groups is 1. The zero-order chi connectivity index (χ0) is 30.0. The number of aliphatic imine (C=N–C) groups is 1. The third-order valence-corrected chi connectivity index (χ3v) is 7.34. The lowest BCUT2D eigenvalue weighted by Crippen LogP contribution is -2.21. The molecule has 42 heavy (non-hydrogen) atoms. The highest BCUT2D eigenvalue weighted by Gasteiger charge is 2.08. The van der Waals surface area contributed by atoms with E-state index in [1.807, 2.05) is 66.7 Å². The second-order valence-electron chi connectivity index (χ2n) is 9.21. The molecule has 3 rings (SSSR count). The van der Waals surface area contributed by atoms with Crippen LogP contribution >= 0.6 is 11.8 Å². The maximum atomic E-state index is 11.0. The number of rotatable bonds is 19. The Labute approximate surface area is 252 Å². The molecule has 222 valence electrons. The summed E-state index contributed by atoms with van der Waals surface area (Å²) in [4.78, 5) is 16.1. The molecule has 1 N–H and O–H groups in total. The van der Waals surface area contributed by atoms with Gasteiger partial charge in [0.25, 0.3) is 0 Å². The van der Waals surface area contributed by atoms with Crippen molar-refractivity contribution in [3.8, 4) is 22.6 Å². The van der Waals surface area contributed by atoms with E-state index in [1.165, 1.54) is 6.08 Å². The maximum absolute atomic E-state index is 11.0. The second-order valence-corrected chi connectivity index (χ2v) is 10.2. The van der Waals surface area contributed by atoms with Crippen LogP contribution in [-0.2, 0) is 9.53 Å². The van der Waals surface area contributed by atoms with Crippen LogP contribution in [-0.4, -0.2) is 68.4 Å². The molecule has 0 atom stereocenters. The van der Waals surface area contributed by atoms with E-state index in [1.54, 1.807) is 30.1 Å². The molecule has 0 bridgehead atoms. The summed E-state index contributed by atoms with van der Waals surface area (Å²) in [5, 5.41) is 16.0. The lowest BCUT2D eigenvalue weighted by Gasteiger charge is -2.18. The van der Waals surface area contributed by atoms with Crippen molar-refractivity contribution >= 4 is 36.4 Å². The maximum Gasteiger partial charge on any atom is 0.330 e. The summed E-state index contributed by atoms with van der Waals surface area (Å²) in [6, 6.07) is 21.8. The van der Waals surface area contributed by atoms with E-state index in [2.05, 4.69) is 23.4 Å². The first kappa shape index (κ1) is 32.4. The number of benzene rings is 3. The third kappa shape index (κ3) is 10.7. The van der Waals surface area contributed by atoms with E-state index in [0.717, 1.165) is 58.7 Å². The Bertz CT molecular complexity index is 1310. The number of hydrogen-bond donors (Lipinski definition) is 1. The monoisotopic (exact) mass is 589 g/mol. The fourth-order valence-electron chi connectivity index (χ4n) is 4.01. The summed E-state index contributed by atoms with van der Waals surface area (Å²) < 4.78 is 16.5. The Kier molecular flexibility index (Phi) is 14.2. The molecule has 0 aliphatic carbocycles. The average molecular weight is 590 g/mol. The first-order chi connectivity index (χ1) is 20.6. The van der Waals surface area contributed by atoms with Crippen LogP contribution < -0.4 is 9.47 Å². The molecule has 0 saturated heterocycles. The van der Waals surface area contributed by atoms with Crippen LogP contribution in [0.3, 0.4) is 0 Å². The van der Waals surface area contributed by atoms with Gasteiger partial charge in [-0.15, -0.1) is 11.8 Å². The number of unbranched alkanes of at least 4 members (excludes halogenated alkanes) is 3. The Hall–Kier alpha value is -4.08. The summed E-state index contributed by atoms with van der Waals surface area (Å²) in [5.41, 5.74) is 3.72. The van der Waals surface area contributed by atoms with Gasteiger partial charge < -0.3 is 19.3 Å². The molecule has 0 radical (unpaired) electrons. The number of nitrogens with zero attached hydrogens (tertiary/aromatic N) is 3. The highest BCUT2D eigenvalue weighted by molar-refractivity contribution is 7.99. The van der Waals surface area contributed by atoms with E-state index >= 15 is 0 Å². The van der Waals surface area contributed by atoms with Crippen molar-refractivity contribution in [3.05, 3.63) is 84.9 Å². The van der Waals surface area contributed by atoms with Gasteiger partial charge in [-0.3, -0.25) is 10.0 Å². The molecule has 0 heterocycles. The van der Waals surface area contributed by atoms with E-state index in [9.17, 15) is 9.90 Å². The SMILES string of the molecule is C=CC(=O)OCCCCCCOc1ccc(-c2ccc(OC)c(/C=N/N(CCO)CSc3ccccc3N=C)c2)cc1. The number of esters is 1. The van der Waals surface area contributed by atoms with Gasteiger partial charge >= 0.3 is 5.97 Å². The molecule has 0 saturated carbocycles. The number of carbonyl (C=O) groups is 1. The molecule has 3 aromatic rings. The molecule has 0 amide bonds. The van der Waals surface area contributed by atoms with Crippen molar-refractivity contribution in [3.63, 3.8) is 0 Å². The van der Waals surface area contributed by atoms with Gasteiger partial charge in [0, 0.05) is 16.5 Å². The number of aliphatic hydroxyl groups excluding tert-OH is 1. The van der Waals surface area contributed by atoms with E-state index in [4.69, 9.17) is 14.2 Å². The fraction of sp³-hybridized carbons (Fsp3) is 0.303. The molecule has 0 aliphatic heterocycles. The Balaban J connectivity index is 1.56. The zero-order valence-corrected chi connectivity index (χ0v) is 24.9. The number of hydrazone groups is 1. The molecule has 3 aromatic carbocycles. The van der Waals surface area contributed by atoms with Crippen LogP contribution in [0.25, 0.3) is 11.1 Å². The molecule has 0 aromatic heterocycles. The van der Waals surface area contributed by atoms with Gasteiger partial charge in [0.2, 0.25) is 0 Å². The van der Waals surface area contributed by atoms with Gasteiger partial charge in [0.05, 0.1) is 51.3 Å². The summed E-state index contributed by atoms with van der Waals surface area (Å²) >= 11 is 1.58. The standard InChI is InChI=1S/C33H39N3O5S/c1-4-33(38)41-22-10-6-5-9-21-40-29-16-13-26(14-17-29)27-15-18-31(39-3)28(23-27)24-35-36(19-20-37)25-42-32-12-8-7-11-30(32)34-2/h4,7-8,11-18,23-24,37H,1-2,5-6,9-10,19-22,25H2,3H3/b35-24+. The minimum atomic E-state index is -0.375. The van der Waals surface area contributed by atoms with Gasteiger partial charge in [-0.2, -0.15) is 5.10 Å². The predicted molar refractivity (Wildman–Crippen MR) is 171 cm³/mol. The number of methoxy groups -OCH3 is 1. The normalized spacial score (nSPS) is 10.8. The molecule has 0 spiro atoms. The Morgan fingerprint density at radius 3 is 2.45 bits per heavy atom. The lowest BCUT2D eigenvalue weighted by molar-refractivity contribution is -0.137. The lowest BCUT2D eigenvalue weighted by atomic mass is 10.0. The van der Waals surface area contributed by atoms with Crippen LogP contribution in [0.2, 0.25) is 0 Å². The van der Waals surface area contributed by atoms with Crippen LogP contribution in [0, 0.1) is 0 Å². The van der Waals surface area contributed by atoms with Crippen LogP contribution in [0.4, 0.5) is 5.69 Å². The largest absolute Gasteiger partial charge is 0.496 e.